The van der Waals surface area contributed by atoms with Crippen molar-refractivity contribution in [2.24, 2.45) is 5.73 Å². The van der Waals surface area contributed by atoms with Gasteiger partial charge in [0.15, 0.2) is 11.5 Å². The minimum absolute atomic E-state index is 0.601. The quantitative estimate of drug-likeness (QED) is 0.200. The molecule has 1 aliphatic heterocycles. The van der Waals surface area contributed by atoms with Gasteiger partial charge in [-0.2, -0.15) is 0 Å². The first kappa shape index (κ1) is 29.1. The van der Waals surface area contributed by atoms with Crippen LogP contribution in [-0.4, -0.2) is 23.7 Å². The van der Waals surface area contributed by atoms with E-state index in [1.54, 1.807) is 6.20 Å². The van der Waals surface area contributed by atoms with Crippen LogP contribution < -0.4 is 10.6 Å². The molecule has 4 aromatic carbocycles. The van der Waals surface area contributed by atoms with Gasteiger partial charge in [0.25, 0.3) is 0 Å². The molecule has 0 atom stereocenters. The summed E-state index contributed by atoms with van der Waals surface area (Å²) < 4.78 is 6.95. The van der Waals surface area contributed by atoms with E-state index < -0.39 is 0 Å². The van der Waals surface area contributed by atoms with Crippen LogP contribution in [0.2, 0.25) is 0 Å². The molecule has 244 valence electrons. The Kier molecular flexibility index (Phi) is 6.64. The molecule has 1 aliphatic carbocycles. The van der Waals surface area contributed by atoms with Crippen molar-refractivity contribution in [3.8, 4) is 17.2 Å². The van der Waals surface area contributed by atoms with Gasteiger partial charge in [0.05, 0.1) is 22.4 Å². The maximum Gasteiger partial charge on any atom is 0.166 e. The Hall–Kier alpha value is -6.86. The summed E-state index contributed by atoms with van der Waals surface area (Å²) in [6.45, 7) is 0. The van der Waals surface area contributed by atoms with Gasteiger partial charge in [-0.1, -0.05) is 91.0 Å². The minimum atomic E-state index is 0.601. The van der Waals surface area contributed by atoms with Gasteiger partial charge in [-0.25, -0.2) is 9.97 Å². The van der Waals surface area contributed by atoms with E-state index in [4.69, 9.17) is 15.7 Å². The summed E-state index contributed by atoms with van der Waals surface area (Å²) in [6, 6.07) is 42.7. The first-order valence-corrected chi connectivity index (χ1v) is 17.3. The third-order valence-corrected chi connectivity index (χ3v) is 9.91. The molecule has 2 N–H and O–H groups in total. The van der Waals surface area contributed by atoms with Crippen LogP contribution in [0.3, 0.4) is 0 Å². The smallest absolute Gasteiger partial charge is 0.166 e. The zero-order chi connectivity index (χ0) is 33.9. The highest BCUT2D eigenvalue weighted by Gasteiger charge is 2.33. The molecule has 0 bridgehead atoms. The van der Waals surface area contributed by atoms with Crippen LogP contribution in [0.1, 0.15) is 17.0 Å². The van der Waals surface area contributed by atoms with E-state index in [0.717, 1.165) is 79.6 Å². The second-order valence-corrected chi connectivity index (χ2v) is 12.9. The standard InChI is InChI=1S/C44H33N7/c45-26-14-21-34-29-36-43(50(34)40-27-31-16-10-12-24-38(31)48(40)32-17-5-2-6-18-32)47-42-35-22-11-13-25-39(35)51(44(42)46-36)41-28-30-15-4-1-9-23-37(30)49(41)33-19-7-3-8-20-33/h1-14,16-28H,15,29,45H2/b26-14-,34-21+. The Bertz CT molecular complexity index is 2760. The normalized spacial score (nSPS) is 14.7. The maximum absolute atomic E-state index is 5.91. The van der Waals surface area contributed by atoms with E-state index >= 15 is 0 Å². The van der Waals surface area contributed by atoms with Crippen molar-refractivity contribution in [1.29, 1.82) is 0 Å². The second kappa shape index (κ2) is 11.6. The van der Waals surface area contributed by atoms with Crippen LogP contribution >= 0.6 is 0 Å². The highest BCUT2D eigenvalue weighted by molar-refractivity contribution is 6.06. The van der Waals surface area contributed by atoms with Crippen molar-refractivity contribution >= 4 is 50.7 Å². The number of benzene rings is 4. The van der Waals surface area contributed by atoms with Gasteiger partial charge >= 0.3 is 0 Å². The molecule has 0 saturated carbocycles. The molecule has 0 saturated heterocycles. The Labute approximate surface area is 294 Å². The molecular weight excluding hydrogens is 627 g/mol. The van der Waals surface area contributed by atoms with Gasteiger partial charge in [0.1, 0.15) is 17.2 Å². The summed E-state index contributed by atoms with van der Waals surface area (Å²) in [5.74, 6) is 2.86. The number of allylic oxidation sites excluding steroid dienone is 6. The molecule has 0 amide bonds. The molecule has 0 radical (unpaired) electrons. The number of hydrogen-bond acceptors (Lipinski definition) is 4. The van der Waals surface area contributed by atoms with Crippen molar-refractivity contribution in [2.75, 3.05) is 4.90 Å². The lowest BCUT2D eigenvalue weighted by Gasteiger charge is -2.23. The van der Waals surface area contributed by atoms with E-state index in [2.05, 4.69) is 170 Å². The van der Waals surface area contributed by atoms with E-state index in [-0.39, 0.29) is 0 Å². The van der Waals surface area contributed by atoms with Crippen LogP contribution in [0.25, 0.3) is 56.2 Å². The van der Waals surface area contributed by atoms with E-state index in [9.17, 15) is 0 Å². The van der Waals surface area contributed by atoms with Crippen molar-refractivity contribution in [2.45, 2.75) is 12.8 Å². The average Bonchev–Trinajstić information content (AvgIpc) is 3.88. The minimum Gasteiger partial charge on any atom is -0.405 e. The fourth-order valence-corrected chi connectivity index (χ4v) is 7.74. The molecule has 7 nitrogen and oxygen atoms in total. The van der Waals surface area contributed by atoms with E-state index in [1.165, 1.54) is 11.3 Å². The lowest BCUT2D eigenvalue weighted by molar-refractivity contribution is 0.950. The summed E-state index contributed by atoms with van der Waals surface area (Å²) in [5.41, 5.74) is 16.3. The molecule has 8 aromatic rings. The predicted octanol–water partition coefficient (Wildman–Crippen LogP) is 9.48. The number of para-hydroxylation sites is 4. The molecule has 51 heavy (non-hydrogen) atoms. The van der Waals surface area contributed by atoms with Crippen molar-refractivity contribution in [1.82, 2.24) is 23.7 Å². The summed E-state index contributed by atoms with van der Waals surface area (Å²) in [5, 5.41) is 2.20. The molecule has 10 rings (SSSR count). The SMILES string of the molecule is N/C=C\C=C1/Cc2nc3c(nc2N1c1cc2ccccc2n1-c1ccccc1)c1ccccc1n3-c1cc2c(n1-c1ccccc1)C=CC=CC2. The van der Waals surface area contributed by atoms with Crippen LogP contribution in [0.15, 0.2) is 164 Å². The van der Waals surface area contributed by atoms with Crippen LogP contribution in [0, 0.1) is 0 Å². The van der Waals surface area contributed by atoms with Crippen LogP contribution in [-0.2, 0) is 12.8 Å². The summed E-state index contributed by atoms with van der Waals surface area (Å²) in [7, 11) is 0. The molecule has 7 heteroatoms. The number of nitrogens with zero attached hydrogens (tertiary/aromatic N) is 6. The predicted molar refractivity (Wildman–Crippen MR) is 208 cm³/mol. The van der Waals surface area contributed by atoms with Crippen LogP contribution in [0.5, 0.6) is 0 Å². The maximum atomic E-state index is 5.91. The number of aromatic nitrogens is 5. The van der Waals surface area contributed by atoms with Gasteiger partial charge in [0.2, 0.25) is 0 Å². The fourth-order valence-electron chi connectivity index (χ4n) is 7.74. The van der Waals surface area contributed by atoms with Crippen molar-refractivity contribution in [3.63, 3.8) is 0 Å². The summed E-state index contributed by atoms with van der Waals surface area (Å²) in [6.07, 6.45) is 15.7. The van der Waals surface area contributed by atoms with E-state index in [0.29, 0.717) is 6.42 Å². The monoisotopic (exact) mass is 659 g/mol. The average molecular weight is 660 g/mol. The van der Waals surface area contributed by atoms with Gasteiger partial charge in [-0.15, -0.1) is 0 Å². The lowest BCUT2D eigenvalue weighted by atomic mass is 10.2. The number of anilines is 2. The zero-order valence-corrected chi connectivity index (χ0v) is 27.8. The number of nitrogens with two attached hydrogens (primary N) is 1. The third-order valence-electron chi connectivity index (χ3n) is 9.91. The number of fused-ring (bicyclic) bond motifs is 6. The molecule has 5 heterocycles. The van der Waals surface area contributed by atoms with Gasteiger partial charge < -0.3 is 5.73 Å². The second-order valence-electron chi connectivity index (χ2n) is 12.9. The Morgan fingerprint density at radius 1 is 0.667 bits per heavy atom. The fraction of sp³-hybridized carbons (Fsp3) is 0.0455. The lowest BCUT2D eigenvalue weighted by Crippen LogP contribution is -2.16. The first-order valence-electron chi connectivity index (χ1n) is 17.3. The molecule has 4 aromatic heterocycles. The Balaban J connectivity index is 1.26. The largest absolute Gasteiger partial charge is 0.405 e. The first-order chi connectivity index (χ1) is 25.3. The molecule has 0 unspecified atom stereocenters. The third kappa shape index (κ3) is 4.52. The van der Waals surface area contributed by atoms with Gasteiger partial charge in [-0.3, -0.25) is 18.6 Å². The Morgan fingerprint density at radius 2 is 1.39 bits per heavy atom. The molecule has 0 spiro atoms. The van der Waals surface area contributed by atoms with Crippen molar-refractivity contribution in [3.05, 3.63) is 181 Å². The van der Waals surface area contributed by atoms with Gasteiger partial charge in [-0.05, 0) is 84.9 Å². The Morgan fingerprint density at radius 3 is 2.20 bits per heavy atom. The van der Waals surface area contributed by atoms with Crippen LogP contribution in [0.4, 0.5) is 11.6 Å². The molecule has 0 fully saturated rings. The number of rotatable bonds is 5. The van der Waals surface area contributed by atoms with Crippen molar-refractivity contribution < 1.29 is 0 Å². The van der Waals surface area contributed by atoms with Gasteiger partial charge in [0, 0.05) is 34.3 Å². The zero-order valence-electron chi connectivity index (χ0n) is 27.8. The van der Waals surface area contributed by atoms with E-state index in [1.807, 2.05) is 6.08 Å². The topological polar surface area (TPSA) is 69.8 Å². The summed E-state index contributed by atoms with van der Waals surface area (Å²) in [4.78, 5) is 13.3. The molecular formula is C44H33N7. The number of hydrogen-bond donors (Lipinski definition) is 1. The highest BCUT2D eigenvalue weighted by Crippen LogP contribution is 2.44. The summed E-state index contributed by atoms with van der Waals surface area (Å²) >= 11 is 0. The molecule has 2 aliphatic rings. The highest BCUT2D eigenvalue weighted by atomic mass is 15.3.